The maximum Gasteiger partial charge on any atom is 0.107 e. The van der Waals surface area contributed by atoms with Gasteiger partial charge in [-0.25, -0.2) is 0 Å². The van der Waals surface area contributed by atoms with E-state index < -0.39 is 0 Å². The SMILES string of the molecule is Sc1ccc(-c2cnc(-c3ccccn3)cn2)nc1. The smallest absolute Gasteiger partial charge is 0.107 e. The molecule has 5 heteroatoms. The standard InChI is InChI=1S/C14H10N4S/c19-10-4-5-12(16-7-10)14-9-17-13(8-18-14)11-3-1-2-6-15-11/h1-9,19H. The first-order chi connectivity index (χ1) is 9.33. The number of hydrogen-bond acceptors (Lipinski definition) is 5. The topological polar surface area (TPSA) is 51.6 Å². The Balaban J connectivity index is 1.93. The molecule has 0 N–H and O–H groups in total. The van der Waals surface area contributed by atoms with Crippen molar-refractivity contribution in [2.75, 3.05) is 0 Å². The van der Waals surface area contributed by atoms with E-state index in [4.69, 9.17) is 0 Å². The molecular weight excluding hydrogens is 256 g/mol. The van der Waals surface area contributed by atoms with Crippen LogP contribution in [-0.4, -0.2) is 19.9 Å². The molecule has 0 unspecified atom stereocenters. The molecule has 3 rings (SSSR count). The molecule has 4 nitrogen and oxygen atoms in total. The quantitative estimate of drug-likeness (QED) is 0.725. The summed E-state index contributed by atoms with van der Waals surface area (Å²) in [7, 11) is 0. The Kier molecular flexibility index (Phi) is 3.20. The molecule has 0 aliphatic heterocycles. The summed E-state index contributed by atoms with van der Waals surface area (Å²) < 4.78 is 0. The van der Waals surface area contributed by atoms with E-state index in [1.807, 2.05) is 30.3 Å². The molecule has 3 aromatic rings. The normalized spacial score (nSPS) is 10.4. The molecule has 0 saturated carbocycles. The molecule has 0 aliphatic rings. The molecule has 19 heavy (non-hydrogen) atoms. The van der Waals surface area contributed by atoms with Gasteiger partial charge in [0.05, 0.1) is 23.8 Å². The van der Waals surface area contributed by atoms with Crippen LogP contribution in [0.15, 0.2) is 60.0 Å². The van der Waals surface area contributed by atoms with Crippen LogP contribution in [0.4, 0.5) is 0 Å². The molecule has 0 saturated heterocycles. The highest BCUT2D eigenvalue weighted by molar-refractivity contribution is 7.80. The minimum Gasteiger partial charge on any atom is -0.255 e. The molecule has 0 aliphatic carbocycles. The van der Waals surface area contributed by atoms with Crippen LogP contribution < -0.4 is 0 Å². The fraction of sp³-hybridized carbons (Fsp3) is 0. The third-order valence-electron chi connectivity index (χ3n) is 2.59. The van der Waals surface area contributed by atoms with E-state index in [1.54, 1.807) is 24.8 Å². The Hall–Kier alpha value is -2.27. The maximum atomic E-state index is 4.37. The van der Waals surface area contributed by atoms with Gasteiger partial charge in [0.2, 0.25) is 0 Å². The van der Waals surface area contributed by atoms with Crippen LogP contribution in [-0.2, 0) is 0 Å². The largest absolute Gasteiger partial charge is 0.255 e. The molecule has 0 atom stereocenters. The Labute approximate surface area is 116 Å². The molecule has 3 aromatic heterocycles. The van der Waals surface area contributed by atoms with Crippen LogP contribution >= 0.6 is 12.6 Å². The molecule has 0 spiro atoms. The van der Waals surface area contributed by atoms with E-state index in [2.05, 4.69) is 32.6 Å². The number of thiol groups is 1. The molecule has 0 aromatic carbocycles. The molecule has 92 valence electrons. The second-order valence-corrected chi connectivity index (χ2v) is 4.42. The predicted octanol–water partition coefficient (Wildman–Crippen LogP) is 2.89. The third kappa shape index (κ3) is 2.61. The monoisotopic (exact) mass is 266 g/mol. The first-order valence-electron chi connectivity index (χ1n) is 5.72. The van der Waals surface area contributed by atoms with Crippen LogP contribution in [0, 0.1) is 0 Å². The van der Waals surface area contributed by atoms with E-state index in [1.165, 1.54) is 0 Å². The average Bonchev–Trinajstić information content (AvgIpc) is 2.49. The fourth-order valence-electron chi connectivity index (χ4n) is 1.64. The number of nitrogens with zero attached hydrogens (tertiary/aromatic N) is 4. The summed E-state index contributed by atoms with van der Waals surface area (Å²) in [5.41, 5.74) is 3.06. The zero-order valence-corrected chi connectivity index (χ0v) is 10.8. The van der Waals surface area contributed by atoms with Crippen molar-refractivity contribution < 1.29 is 0 Å². The van der Waals surface area contributed by atoms with Gasteiger partial charge >= 0.3 is 0 Å². The molecule has 0 bridgehead atoms. The average molecular weight is 266 g/mol. The van der Waals surface area contributed by atoms with Crippen LogP contribution in [0.3, 0.4) is 0 Å². The number of rotatable bonds is 2. The van der Waals surface area contributed by atoms with Crippen molar-refractivity contribution in [2.45, 2.75) is 4.90 Å². The van der Waals surface area contributed by atoms with Crippen molar-refractivity contribution in [1.29, 1.82) is 0 Å². The highest BCUT2D eigenvalue weighted by atomic mass is 32.1. The van der Waals surface area contributed by atoms with Gasteiger partial charge < -0.3 is 0 Å². The van der Waals surface area contributed by atoms with Gasteiger partial charge in [-0.2, -0.15) is 0 Å². The summed E-state index contributed by atoms with van der Waals surface area (Å²) in [6.45, 7) is 0. The minimum atomic E-state index is 0.730. The Morgan fingerprint density at radius 3 is 1.84 bits per heavy atom. The van der Waals surface area contributed by atoms with Crippen molar-refractivity contribution in [3.8, 4) is 22.8 Å². The highest BCUT2D eigenvalue weighted by Crippen LogP contribution is 2.17. The lowest BCUT2D eigenvalue weighted by Gasteiger charge is -2.02. The second-order valence-electron chi connectivity index (χ2n) is 3.90. The summed E-state index contributed by atoms with van der Waals surface area (Å²) in [5, 5.41) is 0. The zero-order valence-electron chi connectivity index (χ0n) is 9.93. The minimum absolute atomic E-state index is 0.730. The number of aromatic nitrogens is 4. The lowest BCUT2D eigenvalue weighted by Crippen LogP contribution is -1.92. The summed E-state index contributed by atoms with van der Waals surface area (Å²) in [6.07, 6.45) is 6.82. The Morgan fingerprint density at radius 1 is 0.632 bits per heavy atom. The summed E-state index contributed by atoms with van der Waals surface area (Å²) >= 11 is 4.20. The van der Waals surface area contributed by atoms with Gasteiger partial charge in [-0.15, -0.1) is 12.6 Å². The molecular formula is C14H10N4S. The third-order valence-corrected chi connectivity index (χ3v) is 2.85. The fourth-order valence-corrected chi connectivity index (χ4v) is 1.78. The van der Waals surface area contributed by atoms with Crippen molar-refractivity contribution in [2.24, 2.45) is 0 Å². The summed E-state index contributed by atoms with van der Waals surface area (Å²) in [5.74, 6) is 0. The van der Waals surface area contributed by atoms with Gasteiger partial charge in [0.15, 0.2) is 0 Å². The predicted molar refractivity (Wildman–Crippen MR) is 75.7 cm³/mol. The van der Waals surface area contributed by atoms with E-state index in [-0.39, 0.29) is 0 Å². The van der Waals surface area contributed by atoms with Crippen molar-refractivity contribution in [1.82, 2.24) is 19.9 Å². The van der Waals surface area contributed by atoms with E-state index >= 15 is 0 Å². The van der Waals surface area contributed by atoms with E-state index in [9.17, 15) is 0 Å². The van der Waals surface area contributed by atoms with Crippen molar-refractivity contribution in [3.05, 3.63) is 55.1 Å². The van der Waals surface area contributed by atoms with Crippen LogP contribution in [0.2, 0.25) is 0 Å². The second kappa shape index (κ2) is 5.16. The Morgan fingerprint density at radius 2 is 1.32 bits per heavy atom. The number of hydrogen-bond donors (Lipinski definition) is 1. The van der Waals surface area contributed by atoms with Gasteiger partial charge in [0, 0.05) is 17.3 Å². The molecule has 0 radical (unpaired) electrons. The van der Waals surface area contributed by atoms with E-state index in [0.717, 1.165) is 27.7 Å². The van der Waals surface area contributed by atoms with Crippen LogP contribution in [0.25, 0.3) is 22.8 Å². The zero-order chi connectivity index (χ0) is 13.1. The number of pyridine rings is 2. The molecule has 3 heterocycles. The molecule has 0 fully saturated rings. The Bertz CT molecular complexity index is 666. The lowest BCUT2D eigenvalue weighted by atomic mass is 10.2. The lowest BCUT2D eigenvalue weighted by molar-refractivity contribution is 1.15. The first kappa shape index (κ1) is 11.8. The van der Waals surface area contributed by atoms with Gasteiger partial charge in [-0.05, 0) is 24.3 Å². The molecule has 0 amide bonds. The van der Waals surface area contributed by atoms with Gasteiger partial charge in [0.25, 0.3) is 0 Å². The van der Waals surface area contributed by atoms with Gasteiger partial charge in [-0.1, -0.05) is 6.07 Å². The van der Waals surface area contributed by atoms with Crippen molar-refractivity contribution in [3.63, 3.8) is 0 Å². The van der Waals surface area contributed by atoms with Crippen LogP contribution in [0.1, 0.15) is 0 Å². The van der Waals surface area contributed by atoms with E-state index in [0.29, 0.717) is 0 Å². The van der Waals surface area contributed by atoms with Crippen molar-refractivity contribution >= 4 is 12.6 Å². The summed E-state index contributed by atoms with van der Waals surface area (Å²) in [6, 6.07) is 9.43. The first-order valence-corrected chi connectivity index (χ1v) is 6.16. The highest BCUT2D eigenvalue weighted by Gasteiger charge is 2.04. The van der Waals surface area contributed by atoms with Crippen LogP contribution in [0.5, 0.6) is 0 Å². The van der Waals surface area contributed by atoms with Gasteiger partial charge in [0.1, 0.15) is 11.4 Å². The van der Waals surface area contributed by atoms with Gasteiger partial charge in [-0.3, -0.25) is 19.9 Å². The maximum absolute atomic E-state index is 4.37. The summed E-state index contributed by atoms with van der Waals surface area (Å²) in [4.78, 5) is 18.0.